The maximum Gasteiger partial charge on any atom is 0.146 e. The minimum absolute atomic E-state index is 0.0386. The molecular formula is C13H16O4. The van der Waals surface area contributed by atoms with Gasteiger partial charge in [0.2, 0.25) is 0 Å². The quantitative estimate of drug-likeness (QED) is 0.746. The third-order valence-electron chi connectivity index (χ3n) is 3.61. The van der Waals surface area contributed by atoms with E-state index in [0.29, 0.717) is 19.6 Å². The summed E-state index contributed by atoms with van der Waals surface area (Å²) in [6, 6.07) is 9.86. The number of epoxide rings is 1. The Morgan fingerprint density at radius 1 is 1.29 bits per heavy atom. The average Bonchev–Trinajstić information content (AvgIpc) is 2.98. The van der Waals surface area contributed by atoms with Crippen LogP contribution in [0, 0.1) is 0 Å². The smallest absolute Gasteiger partial charge is 0.146 e. The second-order valence-electron chi connectivity index (χ2n) is 4.79. The highest BCUT2D eigenvalue weighted by Gasteiger charge is 2.68. The average molecular weight is 236 g/mol. The lowest BCUT2D eigenvalue weighted by atomic mass is 10.1. The molecule has 2 fully saturated rings. The molecule has 1 heterocycles. The molecule has 2 N–H and O–H groups in total. The van der Waals surface area contributed by atoms with E-state index in [0.717, 1.165) is 5.56 Å². The Bertz CT molecular complexity index is 394. The zero-order valence-electron chi connectivity index (χ0n) is 9.45. The molecule has 0 spiro atoms. The van der Waals surface area contributed by atoms with Gasteiger partial charge in [0.15, 0.2) is 0 Å². The largest absolute Gasteiger partial charge is 0.390 e. The van der Waals surface area contributed by atoms with Crippen LogP contribution < -0.4 is 0 Å². The summed E-state index contributed by atoms with van der Waals surface area (Å²) in [6.07, 6.45) is -1.02. The van der Waals surface area contributed by atoms with Crippen LogP contribution in [0.4, 0.5) is 0 Å². The standard InChI is InChI=1S/C13H16O4/c14-10-6-11-13(17-11,12(10)15)8-16-7-9-4-2-1-3-5-9/h1-5,10-12,14-15H,6-8H2. The van der Waals surface area contributed by atoms with E-state index < -0.39 is 17.8 Å². The van der Waals surface area contributed by atoms with E-state index in [1.807, 2.05) is 30.3 Å². The number of ether oxygens (including phenoxy) is 2. The van der Waals surface area contributed by atoms with Crippen molar-refractivity contribution in [3.05, 3.63) is 35.9 Å². The monoisotopic (exact) mass is 236 g/mol. The lowest BCUT2D eigenvalue weighted by Gasteiger charge is -2.18. The zero-order valence-corrected chi connectivity index (χ0v) is 9.45. The first kappa shape index (κ1) is 11.2. The predicted molar refractivity (Wildman–Crippen MR) is 60.3 cm³/mol. The van der Waals surface area contributed by atoms with Gasteiger partial charge in [-0.2, -0.15) is 0 Å². The van der Waals surface area contributed by atoms with Crippen molar-refractivity contribution in [2.45, 2.75) is 36.9 Å². The van der Waals surface area contributed by atoms with Crippen LogP contribution in [0.3, 0.4) is 0 Å². The normalized spacial score (nSPS) is 39.1. The Kier molecular flexibility index (Phi) is 2.67. The van der Waals surface area contributed by atoms with Crippen molar-refractivity contribution in [3.8, 4) is 0 Å². The van der Waals surface area contributed by atoms with Gasteiger partial charge in [0.05, 0.1) is 25.4 Å². The van der Waals surface area contributed by atoms with Crippen LogP contribution in [0.5, 0.6) is 0 Å². The molecule has 1 saturated carbocycles. The van der Waals surface area contributed by atoms with Crippen molar-refractivity contribution in [1.29, 1.82) is 0 Å². The number of fused-ring (bicyclic) bond motifs is 1. The summed E-state index contributed by atoms with van der Waals surface area (Å²) in [4.78, 5) is 0. The van der Waals surface area contributed by atoms with Crippen molar-refractivity contribution in [2.24, 2.45) is 0 Å². The van der Waals surface area contributed by atoms with Gasteiger partial charge in [-0.1, -0.05) is 30.3 Å². The van der Waals surface area contributed by atoms with Crippen molar-refractivity contribution >= 4 is 0 Å². The first-order valence-corrected chi connectivity index (χ1v) is 5.88. The molecule has 1 aromatic carbocycles. The fourth-order valence-electron chi connectivity index (χ4n) is 2.53. The third kappa shape index (κ3) is 1.87. The van der Waals surface area contributed by atoms with Crippen LogP contribution in [0.15, 0.2) is 30.3 Å². The Labute approximate surface area is 99.8 Å². The molecule has 92 valence electrons. The highest BCUT2D eigenvalue weighted by molar-refractivity contribution is 5.17. The van der Waals surface area contributed by atoms with Crippen LogP contribution >= 0.6 is 0 Å². The van der Waals surface area contributed by atoms with Crippen LogP contribution in [0.1, 0.15) is 12.0 Å². The summed E-state index contributed by atoms with van der Waals surface area (Å²) >= 11 is 0. The number of rotatable bonds is 4. The summed E-state index contributed by atoms with van der Waals surface area (Å²) in [5, 5.41) is 19.3. The highest BCUT2D eigenvalue weighted by atomic mass is 16.7. The molecule has 1 aromatic rings. The molecule has 0 amide bonds. The predicted octanol–water partition coefficient (Wildman–Crippen LogP) is 0.466. The molecule has 0 radical (unpaired) electrons. The topological polar surface area (TPSA) is 62.2 Å². The van der Waals surface area contributed by atoms with Crippen LogP contribution in [0.2, 0.25) is 0 Å². The molecule has 1 aliphatic carbocycles. The summed E-state index contributed by atoms with van der Waals surface area (Å²) in [7, 11) is 0. The minimum Gasteiger partial charge on any atom is -0.390 e. The summed E-state index contributed by atoms with van der Waals surface area (Å²) in [5.74, 6) is 0. The van der Waals surface area contributed by atoms with E-state index in [4.69, 9.17) is 9.47 Å². The third-order valence-corrected chi connectivity index (χ3v) is 3.61. The van der Waals surface area contributed by atoms with Crippen molar-refractivity contribution < 1.29 is 19.7 Å². The molecule has 4 heteroatoms. The van der Waals surface area contributed by atoms with Crippen molar-refractivity contribution in [2.75, 3.05) is 6.61 Å². The minimum atomic E-state index is -0.816. The fraction of sp³-hybridized carbons (Fsp3) is 0.538. The molecule has 1 aliphatic heterocycles. The molecule has 0 bridgehead atoms. The van der Waals surface area contributed by atoms with Gasteiger partial charge in [-0.3, -0.25) is 0 Å². The zero-order chi connectivity index (χ0) is 11.9. The van der Waals surface area contributed by atoms with Crippen LogP contribution in [0.25, 0.3) is 0 Å². The number of benzene rings is 1. The lowest BCUT2D eigenvalue weighted by molar-refractivity contribution is -0.0586. The lowest BCUT2D eigenvalue weighted by Crippen LogP contribution is -2.38. The summed E-state index contributed by atoms with van der Waals surface area (Å²) < 4.78 is 11.0. The molecule has 4 nitrogen and oxygen atoms in total. The van der Waals surface area contributed by atoms with E-state index in [9.17, 15) is 10.2 Å². The van der Waals surface area contributed by atoms with Gasteiger partial charge in [-0.25, -0.2) is 0 Å². The number of hydrogen-bond donors (Lipinski definition) is 2. The fourth-order valence-corrected chi connectivity index (χ4v) is 2.53. The van der Waals surface area contributed by atoms with Gasteiger partial charge in [-0.15, -0.1) is 0 Å². The summed E-state index contributed by atoms with van der Waals surface area (Å²) in [6.45, 7) is 0.840. The molecule has 1 saturated heterocycles. The van der Waals surface area contributed by atoms with E-state index >= 15 is 0 Å². The molecule has 0 aromatic heterocycles. The second-order valence-corrected chi connectivity index (χ2v) is 4.79. The van der Waals surface area contributed by atoms with E-state index in [1.54, 1.807) is 0 Å². The van der Waals surface area contributed by atoms with Gasteiger partial charge in [0.1, 0.15) is 11.7 Å². The highest BCUT2D eigenvalue weighted by Crippen LogP contribution is 2.50. The first-order chi connectivity index (χ1) is 8.22. The van der Waals surface area contributed by atoms with Gasteiger partial charge < -0.3 is 19.7 Å². The van der Waals surface area contributed by atoms with E-state index in [2.05, 4.69) is 0 Å². The van der Waals surface area contributed by atoms with Crippen molar-refractivity contribution in [1.82, 2.24) is 0 Å². The Balaban J connectivity index is 1.53. The number of aliphatic hydroxyl groups is 2. The van der Waals surface area contributed by atoms with Gasteiger partial charge >= 0.3 is 0 Å². The second kappa shape index (κ2) is 4.07. The van der Waals surface area contributed by atoms with Crippen LogP contribution in [-0.2, 0) is 16.1 Å². The Morgan fingerprint density at radius 3 is 2.71 bits per heavy atom. The maximum atomic E-state index is 9.80. The van der Waals surface area contributed by atoms with E-state index in [1.165, 1.54) is 0 Å². The molecule has 2 aliphatic rings. The van der Waals surface area contributed by atoms with E-state index in [-0.39, 0.29) is 6.10 Å². The molecule has 17 heavy (non-hydrogen) atoms. The molecule has 4 unspecified atom stereocenters. The Morgan fingerprint density at radius 2 is 2.06 bits per heavy atom. The Hall–Kier alpha value is -0.940. The SMILES string of the molecule is OC1CC2OC2(COCc2ccccc2)C1O. The van der Waals surface area contributed by atoms with Gasteiger partial charge in [0, 0.05) is 6.42 Å². The van der Waals surface area contributed by atoms with Gasteiger partial charge in [-0.05, 0) is 5.56 Å². The molecular weight excluding hydrogens is 220 g/mol. The van der Waals surface area contributed by atoms with Crippen LogP contribution in [-0.4, -0.2) is 40.7 Å². The first-order valence-electron chi connectivity index (χ1n) is 5.88. The maximum absolute atomic E-state index is 9.80. The molecule has 4 atom stereocenters. The number of hydrogen-bond acceptors (Lipinski definition) is 4. The van der Waals surface area contributed by atoms with Crippen molar-refractivity contribution in [3.63, 3.8) is 0 Å². The van der Waals surface area contributed by atoms with Gasteiger partial charge in [0.25, 0.3) is 0 Å². The number of aliphatic hydroxyl groups excluding tert-OH is 2. The summed E-state index contributed by atoms with van der Waals surface area (Å²) in [5.41, 5.74) is 0.447. The molecule has 3 rings (SSSR count).